The summed E-state index contributed by atoms with van der Waals surface area (Å²) in [4.78, 5) is 19.5. The van der Waals surface area contributed by atoms with Crippen LogP contribution in [-0.4, -0.2) is 28.5 Å². The Labute approximate surface area is 148 Å². The Kier molecular flexibility index (Phi) is 4.78. The molecule has 0 aliphatic rings. The molecular weight excluding hydrogens is 360 g/mol. The van der Waals surface area contributed by atoms with E-state index in [4.69, 9.17) is 4.74 Å². The highest BCUT2D eigenvalue weighted by molar-refractivity contribution is 7.89. The monoisotopic (exact) mass is 376 g/mol. The summed E-state index contributed by atoms with van der Waals surface area (Å²) in [5.41, 5.74) is -0.572. The van der Waals surface area contributed by atoms with Crippen LogP contribution in [0, 0.1) is 0 Å². The lowest BCUT2D eigenvalue weighted by Crippen LogP contribution is -2.27. The van der Waals surface area contributed by atoms with Crippen molar-refractivity contribution >= 4 is 10.0 Å². The third-order valence-corrected chi connectivity index (χ3v) is 5.08. The number of sulfonamides is 1. The Morgan fingerprint density at radius 3 is 2.27 bits per heavy atom. The van der Waals surface area contributed by atoms with Gasteiger partial charge in [-0.2, -0.15) is 0 Å². The molecule has 9 nitrogen and oxygen atoms in total. The maximum atomic E-state index is 12.5. The van der Waals surface area contributed by atoms with Crippen LogP contribution < -0.4 is 15.1 Å². The fraction of sp³-hybridized carbons (Fsp3) is 0.125. The number of hydrogen-bond acceptors (Lipinski definition) is 6. The molecule has 1 aromatic carbocycles. The number of aromatic amines is 2. The molecule has 3 aromatic rings. The lowest BCUT2D eigenvalue weighted by atomic mass is 10.3. The van der Waals surface area contributed by atoms with Crippen LogP contribution in [0.3, 0.4) is 0 Å². The molecule has 1 atom stereocenters. The second kappa shape index (κ2) is 7.02. The van der Waals surface area contributed by atoms with Crippen LogP contribution >= 0.6 is 0 Å². The van der Waals surface area contributed by atoms with Crippen LogP contribution in [0.2, 0.25) is 0 Å². The van der Waals surface area contributed by atoms with Gasteiger partial charge in [-0.25, -0.2) is 17.9 Å². The Hall–Kier alpha value is -3.11. The van der Waals surface area contributed by atoms with Crippen molar-refractivity contribution in [1.29, 1.82) is 0 Å². The first-order chi connectivity index (χ1) is 12.3. The molecular formula is C16H16N4O5S. The fourth-order valence-electron chi connectivity index (χ4n) is 2.29. The molecule has 4 N–H and O–H groups in total. The van der Waals surface area contributed by atoms with Gasteiger partial charge >= 0.3 is 5.69 Å². The molecule has 3 rings (SSSR count). The van der Waals surface area contributed by atoms with E-state index in [1.807, 2.05) is 0 Å². The standard InChI is InChI=1S/C16H16N4O5S/c1-10(14-15(21)19-16(22)18-14)20-26(23,24)13-4-2-11(3-5-13)25-12-6-8-17-9-7-12/h2-10,20-21H,1H3,(H2,18,19,22)/t10-/m1/s1. The maximum Gasteiger partial charge on any atom is 0.326 e. The Bertz CT molecular complexity index is 1040. The molecule has 136 valence electrons. The molecule has 0 saturated carbocycles. The summed E-state index contributed by atoms with van der Waals surface area (Å²) >= 11 is 0. The zero-order valence-electron chi connectivity index (χ0n) is 13.6. The van der Waals surface area contributed by atoms with Crippen LogP contribution in [0.4, 0.5) is 0 Å². The lowest BCUT2D eigenvalue weighted by molar-refractivity contribution is 0.441. The number of pyridine rings is 1. The number of rotatable bonds is 6. The molecule has 26 heavy (non-hydrogen) atoms. The summed E-state index contributed by atoms with van der Waals surface area (Å²) in [6.45, 7) is 1.50. The molecule has 0 amide bonds. The third-order valence-electron chi connectivity index (χ3n) is 3.52. The van der Waals surface area contributed by atoms with Crippen LogP contribution in [0.15, 0.2) is 58.5 Å². The summed E-state index contributed by atoms with van der Waals surface area (Å²) in [6.07, 6.45) is 3.17. The van der Waals surface area contributed by atoms with Crippen molar-refractivity contribution in [3.63, 3.8) is 0 Å². The zero-order chi connectivity index (χ0) is 18.7. The largest absolute Gasteiger partial charge is 0.493 e. The highest BCUT2D eigenvalue weighted by Gasteiger charge is 2.22. The molecule has 0 bridgehead atoms. The van der Waals surface area contributed by atoms with Crippen molar-refractivity contribution in [1.82, 2.24) is 19.7 Å². The van der Waals surface area contributed by atoms with Gasteiger partial charge < -0.3 is 14.8 Å². The van der Waals surface area contributed by atoms with E-state index in [1.165, 1.54) is 31.2 Å². The van der Waals surface area contributed by atoms with Crippen LogP contribution in [0.5, 0.6) is 17.4 Å². The molecule has 0 fully saturated rings. The summed E-state index contributed by atoms with van der Waals surface area (Å²) < 4.78 is 32.9. The fourth-order valence-corrected chi connectivity index (χ4v) is 3.50. The number of aromatic hydroxyl groups is 1. The van der Waals surface area contributed by atoms with Gasteiger partial charge in [0, 0.05) is 12.4 Å². The van der Waals surface area contributed by atoms with Gasteiger partial charge in [-0.1, -0.05) is 0 Å². The maximum absolute atomic E-state index is 12.5. The first-order valence-electron chi connectivity index (χ1n) is 7.56. The van der Waals surface area contributed by atoms with Gasteiger partial charge in [0.05, 0.1) is 16.6 Å². The molecule has 0 saturated heterocycles. The average molecular weight is 376 g/mol. The van der Waals surface area contributed by atoms with E-state index in [0.717, 1.165) is 0 Å². The molecule has 0 aliphatic carbocycles. The number of nitrogens with zero attached hydrogens (tertiary/aromatic N) is 1. The van der Waals surface area contributed by atoms with E-state index in [1.54, 1.807) is 24.5 Å². The Balaban J connectivity index is 1.75. The van der Waals surface area contributed by atoms with Gasteiger partial charge in [0.25, 0.3) is 0 Å². The number of benzene rings is 1. The zero-order valence-corrected chi connectivity index (χ0v) is 14.4. The molecule has 0 unspecified atom stereocenters. The average Bonchev–Trinajstić information content (AvgIpc) is 2.94. The topological polar surface area (TPSA) is 137 Å². The minimum absolute atomic E-state index is 0.0174. The smallest absolute Gasteiger partial charge is 0.326 e. The Morgan fingerprint density at radius 1 is 1.08 bits per heavy atom. The van der Waals surface area contributed by atoms with Crippen molar-refractivity contribution in [3.8, 4) is 17.4 Å². The summed E-state index contributed by atoms with van der Waals surface area (Å²) in [6, 6.07) is 8.35. The highest BCUT2D eigenvalue weighted by atomic mass is 32.2. The second-order valence-electron chi connectivity index (χ2n) is 5.44. The summed E-state index contributed by atoms with van der Waals surface area (Å²) in [5, 5.41) is 9.60. The molecule has 10 heteroatoms. The first-order valence-corrected chi connectivity index (χ1v) is 9.05. The van der Waals surface area contributed by atoms with E-state index in [9.17, 15) is 18.3 Å². The van der Waals surface area contributed by atoms with Gasteiger partial charge in [0.1, 0.15) is 11.5 Å². The van der Waals surface area contributed by atoms with Crippen LogP contribution in [0.25, 0.3) is 0 Å². The van der Waals surface area contributed by atoms with Crippen molar-refractivity contribution in [2.24, 2.45) is 0 Å². The molecule has 0 radical (unpaired) electrons. The molecule has 0 spiro atoms. The highest BCUT2D eigenvalue weighted by Crippen LogP contribution is 2.24. The minimum atomic E-state index is -3.87. The van der Waals surface area contributed by atoms with Crippen molar-refractivity contribution in [2.45, 2.75) is 17.9 Å². The summed E-state index contributed by atoms with van der Waals surface area (Å²) in [7, 11) is -3.87. The first kappa shape index (κ1) is 17.7. The van der Waals surface area contributed by atoms with Crippen LogP contribution in [0.1, 0.15) is 18.7 Å². The van der Waals surface area contributed by atoms with E-state index in [2.05, 4.69) is 19.7 Å². The van der Waals surface area contributed by atoms with Gasteiger partial charge in [0.2, 0.25) is 15.9 Å². The minimum Gasteiger partial charge on any atom is -0.493 e. The molecule has 0 aliphatic heterocycles. The van der Waals surface area contributed by atoms with E-state index in [-0.39, 0.29) is 10.6 Å². The van der Waals surface area contributed by atoms with E-state index < -0.39 is 27.6 Å². The predicted molar refractivity (Wildman–Crippen MR) is 92.6 cm³/mol. The number of hydrogen-bond donors (Lipinski definition) is 4. The lowest BCUT2D eigenvalue weighted by Gasteiger charge is -2.13. The molecule has 2 heterocycles. The SMILES string of the molecule is C[C@@H](NS(=O)(=O)c1ccc(Oc2ccncc2)cc1)c1[nH]c(=O)[nH]c1O. The number of ether oxygens (including phenoxy) is 1. The normalized spacial score (nSPS) is 12.7. The van der Waals surface area contributed by atoms with Gasteiger partial charge in [0.15, 0.2) is 0 Å². The number of H-pyrrole nitrogens is 2. The van der Waals surface area contributed by atoms with E-state index in [0.29, 0.717) is 11.5 Å². The van der Waals surface area contributed by atoms with E-state index >= 15 is 0 Å². The van der Waals surface area contributed by atoms with Gasteiger partial charge in [-0.15, -0.1) is 0 Å². The molecule has 2 aromatic heterocycles. The Morgan fingerprint density at radius 2 is 1.69 bits per heavy atom. The third kappa shape index (κ3) is 3.92. The van der Waals surface area contributed by atoms with Gasteiger partial charge in [-0.05, 0) is 43.3 Å². The predicted octanol–water partition coefficient (Wildman–Crippen LogP) is 1.64. The number of imidazole rings is 1. The summed E-state index contributed by atoms with van der Waals surface area (Å²) in [5.74, 6) is 0.636. The van der Waals surface area contributed by atoms with Crippen molar-refractivity contribution in [2.75, 3.05) is 0 Å². The number of aromatic nitrogens is 3. The van der Waals surface area contributed by atoms with Gasteiger partial charge in [-0.3, -0.25) is 9.97 Å². The second-order valence-corrected chi connectivity index (χ2v) is 7.15. The quantitative estimate of drug-likeness (QED) is 0.516. The number of nitrogens with one attached hydrogen (secondary N) is 3. The van der Waals surface area contributed by atoms with Crippen LogP contribution in [-0.2, 0) is 10.0 Å². The van der Waals surface area contributed by atoms with Crippen molar-refractivity contribution < 1.29 is 18.3 Å². The van der Waals surface area contributed by atoms with Crippen molar-refractivity contribution in [3.05, 3.63) is 65.0 Å².